The summed E-state index contributed by atoms with van der Waals surface area (Å²) < 4.78 is 10.8. The van der Waals surface area contributed by atoms with Crippen LogP contribution in [0, 0.1) is 0 Å². The highest BCUT2D eigenvalue weighted by Gasteiger charge is 2.20. The van der Waals surface area contributed by atoms with Crippen molar-refractivity contribution in [2.24, 2.45) is 0 Å². The van der Waals surface area contributed by atoms with Gasteiger partial charge in [-0.1, -0.05) is 49.4 Å². The number of amides is 2. The van der Waals surface area contributed by atoms with Gasteiger partial charge in [-0.3, -0.25) is 9.59 Å². The van der Waals surface area contributed by atoms with Crippen molar-refractivity contribution < 1.29 is 19.1 Å². The van der Waals surface area contributed by atoms with E-state index in [0.29, 0.717) is 37.6 Å². The second-order valence-electron chi connectivity index (χ2n) is 8.34. The van der Waals surface area contributed by atoms with Crippen molar-refractivity contribution in [3.63, 3.8) is 0 Å². The third-order valence-corrected chi connectivity index (χ3v) is 6.61. The van der Waals surface area contributed by atoms with Crippen LogP contribution in [-0.2, 0) is 22.6 Å². The van der Waals surface area contributed by atoms with E-state index in [1.807, 2.05) is 77.9 Å². The molecule has 2 amide bonds. The van der Waals surface area contributed by atoms with Gasteiger partial charge < -0.3 is 19.3 Å². The number of rotatable bonds is 13. The maximum absolute atomic E-state index is 13.4. The first-order valence-corrected chi connectivity index (χ1v) is 12.9. The van der Waals surface area contributed by atoms with E-state index in [-0.39, 0.29) is 18.4 Å². The van der Waals surface area contributed by atoms with Crippen LogP contribution in [-0.4, -0.2) is 55.5 Å². The molecule has 0 aliphatic rings. The van der Waals surface area contributed by atoms with Gasteiger partial charge in [0, 0.05) is 24.0 Å². The number of benzene rings is 2. The lowest BCUT2D eigenvalue weighted by Crippen LogP contribution is -2.43. The van der Waals surface area contributed by atoms with Gasteiger partial charge in [0.2, 0.25) is 11.8 Å². The molecule has 6 nitrogen and oxygen atoms in total. The Hall–Kier alpha value is -3.58. The van der Waals surface area contributed by atoms with Crippen molar-refractivity contribution in [1.82, 2.24) is 9.80 Å². The maximum Gasteiger partial charge on any atom is 0.247 e. The lowest BCUT2D eigenvalue weighted by atomic mass is 10.1. The molecule has 0 aliphatic carbocycles. The molecule has 0 saturated carbocycles. The van der Waals surface area contributed by atoms with E-state index in [0.717, 1.165) is 22.4 Å². The van der Waals surface area contributed by atoms with Crippen LogP contribution in [0.25, 0.3) is 6.08 Å². The number of thiophene rings is 1. The molecule has 190 valence electrons. The van der Waals surface area contributed by atoms with E-state index in [2.05, 4.69) is 0 Å². The van der Waals surface area contributed by atoms with Crippen molar-refractivity contribution >= 4 is 29.2 Å². The van der Waals surface area contributed by atoms with Crippen LogP contribution in [0.3, 0.4) is 0 Å². The van der Waals surface area contributed by atoms with E-state index in [4.69, 9.17) is 9.47 Å². The highest BCUT2D eigenvalue weighted by Crippen LogP contribution is 2.28. The molecule has 1 heterocycles. The largest absolute Gasteiger partial charge is 0.493 e. The number of methoxy groups -OCH3 is 2. The zero-order valence-electron chi connectivity index (χ0n) is 21.2. The molecule has 0 bridgehead atoms. The van der Waals surface area contributed by atoms with Crippen molar-refractivity contribution in [1.29, 1.82) is 0 Å². The lowest BCUT2D eigenvalue weighted by molar-refractivity contribution is -0.138. The minimum absolute atomic E-state index is 0.0448. The fourth-order valence-electron chi connectivity index (χ4n) is 3.82. The summed E-state index contributed by atoms with van der Waals surface area (Å²) in [4.78, 5) is 30.9. The molecule has 1 aromatic heterocycles. The molecule has 2 aromatic carbocycles. The molecule has 36 heavy (non-hydrogen) atoms. The fourth-order valence-corrected chi connectivity index (χ4v) is 4.54. The first-order valence-electron chi connectivity index (χ1n) is 12.1. The minimum Gasteiger partial charge on any atom is -0.493 e. The SMILES string of the molecule is CCCN(CC(=O)N(CCc1ccc(OC)c(OC)c1)Cc1cccs1)C(=O)/C=C/c1ccccc1. The van der Waals surface area contributed by atoms with Crippen LogP contribution in [0.2, 0.25) is 0 Å². The molecular weight excluding hydrogens is 472 g/mol. The Morgan fingerprint density at radius 3 is 2.36 bits per heavy atom. The van der Waals surface area contributed by atoms with Crippen LogP contribution in [0.15, 0.2) is 72.1 Å². The van der Waals surface area contributed by atoms with Crippen LogP contribution in [0.4, 0.5) is 0 Å². The number of nitrogens with zero attached hydrogens (tertiary/aromatic N) is 2. The highest BCUT2D eigenvalue weighted by molar-refractivity contribution is 7.09. The van der Waals surface area contributed by atoms with Crippen molar-refractivity contribution in [2.45, 2.75) is 26.3 Å². The minimum atomic E-state index is -0.162. The summed E-state index contributed by atoms with van der Waals surface area (Å²) >= 11 is 1.62. The third-order valence-electron chi connectivity index (χ3n) is 5.75. The Kier molecular flexibility index (Phi) is 10.6. The summed E-state index contributed by atoms with van der Waals surface area (Å²) in [5.41, 5.74) is 1.99. The monoisotopic (exact) mass is 506 g/mol. The Labute approximate surface area is 217 Å². The smallest absolute Gasteiger partial charge is 0.247 e. The third kappa shape index (κ3) is 7.99. The zero-order chi connectivity index (χ0) is 25.8. The van der Waals surface area contributed by atoms with Crippen molar-refractivity contribution in [2.75, 3.05) is 33.9 Å². The molecule has 7 heteroatoms. The number of ether oxygens (including phenoxy) is 2. The second-order valence-corrected chi connectivity index (χ2v) is 9.37. The van der Waals surface area contributed by atoms with E-state index in [1.165, 1.54) is 0 Å². The Balaban J connectivity index is 1.71. The Morgan fingerprint density at radius 2 is 1.69 bits per heavy atom. The summed E-state index contributed by atoms with van der Waals surface area (Å²) in [5.74, 6) is 1.10. The molecule has 0 aliphatic heterocycles. The molecular formula is C29H34N2O4S. The molecule has 0 N–H and O–H groups in total. The summed E-state index contributed by atoms with van der Waals surface area (Å²) in [5, 5.41) is 2.01. The summed E-state index contributed by atoms with van der Waals surface area (Å²) in [6.07, 6.45) is 4.77. The molecule has 0 saturated heterocycles. The predicted molar refractivity (Wildman–Crippen MR) is 145 cm³/mol. The Morgan fingerprint density at radius 1 is 0.917 bits per heavy atom. The average molecular weight is 507 g/mol. The highest BCUT2D eigenvalue weighted by atomic mass is 32.1. The number of hydrogen-bond acceptors (Lipinski definition) is 5. The maximum atomic E-state index is 13.4. The fraction of sp³-hybridized carbons (Fsp3) is 0.310. The summed E-state index contributed by atoms with van der Waals surface area (Å²) in [6.45, 7) is 3.61. The summed E-state index contributed by atoms with van der Waals surface area (Å²) in [6, 6.07) is 19.5. The van der Waals surface area contributed by atoms with Gasteiger partial charge in [-0.15, -0.1) is 11.3 Å². The topological polar surface area (TPSA) is 59.1 Å². The molecule has 0 unspecified atom stereocenters. The predicted octanol–water partition coefficient (Wildman–Crippen LogP) is 5.29. The van der Waals surface area contributed by atoms with Crippen molar-refractivity contribution in [3.05, 3.63) is 88.1 Å². The van der Waals surface area contributed by atoms with Gasteiger partial charge in [-0.05, 0) is 53.6 Å². The van der Waals surface area contributed by atoms with Gasteiger partial charge >= 0.3 is 0 Å². The molecule has 0 spiro atoms. The van der Waals surface area contributed by atoms with Crippen LogP contribution < -0.4 is 9.47 Å². The van der Waals surface area contributed by atoms with Gasteiger partial charge in [0.1, 0.15) is 6.54 Å². The quantitative estimate of drug-likeness (QED) is 0.296. The molecule has 0 atom stereocenters. The standard InChI is InChI=1S/C29H34N2O4S/c1-4-17-30(28(32)15-13-23-9-6-5-7-10-23)22-29(33)31(21-25-11-8-19-36-25)18-16-24-12-14-26(34-2)27(20-24)35-3/h5-15,19-20H,4,16-18,21-22H2,1-3H3/b15-13+. The molecule has 0 radical (unpaired) electrons. The zero-order valence-corrected chi connectivity index (χ0v) is 22.0. The van der Waals surface area contributed by atoms with E-state index < -0.39 is 0 Å². The molecule has 3 rings (SSSR count). The number of hydrogen-bond donors (Lipinski definition) is 0. The molecule has 3 aromatic rings. The number of carbonyl (C=O) groups excluding carboxylic acids is 2. The van der Waals surface area contributed by atoms with Gasteiger partial charge in [-0.2, -0.15) is 0 Å². The van der Waals surface area contributed by atoms with Gasteiger partial charge in [0.15, 0.2) is 11.5 Å². The van der Waals surface area contributed by atoms with Gasteiger partial charge in [-0.25, -0.2) is 0 Å². The van der Waals surface area contributed by atoms with Crippen LogP contribution >= 0.6 is 11.3 Å². The first-order chi connectivity index (χ1) is 17.5. The van der Waals surface area contributed by atoms with Gasteiger partial charge in [0.05, 0.1) is 20.8 Å². The van der Waals surface area contributed by atoms with E-state index >= 15 is 0 Å². The summed E-state index contributed by atoms with van der Waals surface area (Å²) in [7, 11) is 3.22. The van der Waals surface area contributed by atoms with Crippen LogP contribution in [0.1, 0.15) is 29.3 Å². The average Bonchev–Trinajstić information content (AvgIpc) is 3.43. The van der Waals surface area contributed by atoms with E-state index in [9.17, 15) is 9.59 Å². The van der Waals surface area contributed by atoms with Crippen molar-refractivity contribution in [3.8, 4) is 11.5 Å². The normalized spacial score (nSPS) is 10.9. The van der Waals surface area contributed by atoms with Gasteiger partial charge in [0.25, 0.3) is 0 Å². The second kappa shape index (κ2) is 14.1. The number of carbonyl (C=O) groups is 2. The Bertz CT molecular complexity index is 1130. The first kappa shape index (κ1) is 27.0. The lowest BCUT2D eigenvalue weighted by Gasteiger charge is -2.27. The van der Waals surface area contributed by atoms with E-state index in [1.54, 1.807) is 42.6 Å². The van der Waals surface area contributed by atoms with Crippen LogP contribution in [0.5, 0.6) is 11.5 Å². The molecule has 0 fully saturated rings.